The molecular weight excluding hydrogens is 278 g/mol. The van der Waals surface area contributed by atoms with E-state index in [1.807, 2.05) is 18.2 Å². The number of thioether (sulfide) groups is 1. The van der Waals surface area contributed by atoms with Crippen LogP contribution in [0.5, 0.6) is 5.75 Å². The molecule has 108 valence electrons. The number of carboxylic acids is 1. The Hall–Kier alpha value is -1.69. The van der Waals surface area contributed by atoms with Crippen LogP contribution in [-0.4, -0.2) is 41.6 Å². The summed E-state index contributed by atoms with van der Waals surface area (Å²) in [5.41, 5.74) is 1.18. The lowest BCUT2D eigenvalue weighted by molar-refractivity contribution is -0.139. The van der Waals surface area contributed by atoms with Gasteiger partial charge in [0.1, 0.15) is 11.8 Å². The van der Waals surface area contributed by atoms with Gasteiger partial charge in [0.25, 0.3) is 0 Å². The van der Waals surface area contributed by atoms with Crippen molar-refractivity contribution < 1.29 is 19.4 Å². The van der Waals surface area contributed by atoms with E-state index in [0.717, 1.165) is 17.9 Å². The molecule has 2 unspecified atom stereocenters. The number of carbonyl (C=O) groups excluding carboxylic acids is 1. The molecule has 2 N–H and O–H groups in total. The molecule has 1 aliphatic rings. The number of rotatable bonds is 7. The van der Waals surface area contributed by atoms with Crippen molar-refractivity contribution in [3.05, 3.63) is 29.8 Å². The van der Waals surface area contributed by atoms with Crippen LogP contribution in [0.4, 0.5) is 0 Å². The van der Waals surface area contributed by atoms with Gasteiger partial charge in [-0.25, -0.2) is 4.79 Å². The zero-order valence-electron chi connectivity index (χ0n) is 11.0. The summed E-state index contributed by atoms with van der Waals surface area (Å²) in [6, 6.07) is 7.12. The summed E-state index contributed by atoms with van der Waals surface area (Å²) in [6.07, 6.45) is 1.37. The van der Waals surface area contributed by atoms with E-state index in [1.165, 1.54) is 5.56 Å². The molecule has 0 radical (unpaired) electrons. The molecule has 1 aliphatic heterocycles. The van der Waals surface area contributed by atoms with E-state index < -0.39 is 12.0 Å². The molecule has 0 saturated carbocycles. The molecule has 0 aromatic heterocycles. The van der Waals surface area contributed by atoms with Crippen molar-refractivity contribution in [1.29, 1.82) is 0 Å². The van der Waals surface area contributed by atoms with Crippen molar-refractivity contribution in [3.63, 3.8) is 0 Å². The summed E-state index contributed by atoms with van der Waals surface area (Å²) in [7, 11) is 0. The topological polar surface area (TPSA) is 75.6 Å². The minimum absolute atomic E-state index is 0.369. The Bertz CT molecular complexity index is 480. The van der Waals surface area contributed by atoms with E-state index in [0.29, 0.717) is 24.7 Å². The Morgan fingerprint density at radius 1 is 1.55 bits per heavy atom. The van der Waals surface area contributed by atoms with Crippen LogP contribution in [0.2, 0.25) is 0 Å². The fourth-order valence-electron chi connectivity index (χ4n) is 2.19. The highest BCUT2D eigenvalue weighted by Crippen LogP contribution is 2.35. The first kappa shape index (κ1) is 14.7. The lowest BCUT2D eigenvalue weighted by Crippen LogP contribution is -2.38. The van der Waals surface area contributed by atoms with Crippen LogP contribution in [0.25, 0.3) is 0 Å². The van der Waals surface area contributed by atoms with E-state index in [2.05, 4.69) is 11.4 Å². The molecule has 2 atom stereocenters. The van der Waals surface area contributed by atoms with Gasteiger partial charge in [0.05, 0.1) is 6.61 Å². The standard InChI is InChI=1S/C14H17NO4S/c16-9-15-12(14(17)18)8-20-7-10-5-6-19-13-4-2-1-3-11(10)13/h1-4,9-10,12H,5-8H2,(H,15,16)(H,17,18). The quantitative estimate of drug-likeness (QED) is 0.745. The predicted molar refractivity (Wildman–Crippen MR) is 77.2 cm³/mol. The minimum Gasteiger partial charge on any atom is -0.493 e. The number of fused-ring (bicyclic) bond motifs is 1. The highest BCUT2D eigenvalue weighted by Gasteiger charge is 2.22. The predicted octanol–water partition coefficient (Wildman–Crippen LogP) is 1.49. The average molecular weight is 295 g/mol. The number of ether oxygens (including phenoxy) is 1. The second kappa shape index (κ2) is 7.19. The first-order chi connectivity index (χ1) is 9.72. The van der Waals surface area contributed by atoms with Crippen LogP contribution in [0.15, 0.2) is 24.3 Å². The van der Waals surface area contributed by atoms with Crippen LogP contribution in [0, 0.1) is 0 Å². The Morgan fingerprint density at radius 2 is 2.35 bits per heavy atom. The molecule has 1 heterocycles. The fraction of sp³-hybridized carbons (Fsp3) is 0.429. The monoisotopic (exact) mass is 295 g/mol. The van der Waals surface area contributed by atoms with Gasteiger partial charge in [-0.05, 0) is 24.0 Å². The van der Waals surface area contributed by atoms with Crippen molar-refractivity contribution in [1.82, 2.24) is 5.32 Å². The maximum absolute atomic E-state index is 10.9. The molecule has 1 amide bonds. The van der Waals surface area contributed by atoms with Crippen LogP contribution in [0.1, 0.15) is 17.9 Å². The average Bonchev–Trinajstić information content (AvgIpc) is 2.46. The zero-order valence-corrected chi connectivity index (χ0v) is 11.8. The molecule has 20 heavy (non-hydrogen) atoms. The highest BCUT2D eigenvalue weighted by molar-refractivity contribution is 7.99. The number of para-hydroxylation sites is 1. The van der Waals surface area contributed by atoms with Crippen molar-refractivity contribution in [2.75, 3.05) is 18.1 Å². The first-order valence-electron chi connectivity index (χ1n) is 6.44. The third kappa shape index (κ3) is 3.66. The summed E-state index contributed by atoms with van der Waals surface area (Å²) in [6.45, 7) is 0.692. The van der Waals surface area contributed by atoms with Crippen molar-refractivity contribution in [3.8, 4) is 5.75 Å². The van der Waals surface area contributed by atoms with Crippen molar-refractivity contribution in [2.24, 2.45) is 0 Å². The fourth-order valence-corrected chi connectivity index (χ4v) is 3.43. The highest BCUT2D eigenvalue weighted by atomic mass is 32.2. The van der Waals surface area contributed by atoms with Crippen LogP contribution < -0.4 is 10.1 Å². The van der Waals surface area contributed by atoms with Gasteiger partial charge < -0.3 is 15.2 Å². The number of carboxylic acid groups (broad SMARTS) is 1. The molecule has 0 fully saturated rings. The van der Waals surface area contributed by atoms with Gasteiger partial charge in [-0.3, -0.25) is 4.79 Å². The number of nitrogens with one attached hydrogen (secondary N) is 1. The van der Waals surface area contributed by atoms with E-state index in [1.54, 1.807) is 11.8 Å². The Balaban J connectivity index is 1.89. The SMILES string of the molecule is O=CNC(CSCC1CCOc2ccccc21)C(=O)O. The molecule has 5 nitrogen and oxygen atoms in total. The number of hydrogen-bond acceptors (Lipinski definition) is 4. The van der Waals surface area contributed by atoms with Gasteiger partial charge in [-0.2, -0.15) is 11.8 Å². The van der Waals surface area contributed by atoms with Crippen LogP contribution in [0.3, 0.4) is 0 Å². The van der Waals surface area contributed by atoms with E-state index in [9.17, 15) is 9.59 Å². The lowest BCUT2D eigenvalue weighted by atomic mass is 9.95. The molecule has 2 rings (SSSR count). The van der Waals surface area contributed by atoms with Gasteiger partial charge in [0.2, 0.25) is 6.41 Å². The second-order valence-corrected chi connectivity index (χ2v) is 5.66. The smallest absolute Gasteiger partial charge is 0.327 e. The van der Waals surface area contributed by atoms with Crippen molar-refractivity contribution >= 4 is 24.1 Å². The van der Waals surface area contributed by atoms with Gasteiger partial charge in [-0.15, -0.1) is 0 Å². The van der Waals surface area contributed by atoms with Gasteiger partial charge in [-0.1, -0.05) is 18.2 Å². The largest absolute Gasteiger partial charge is 0.493 e. The van der Waals surface area contributed by atoms with Crippen LogP contribution >= 0.6 is 11.8 Å². The number of hydrogen-bond donors (Lipinski definition) is 2. The molecule has 0 saturated heterocycles. The van der Waals surface area contributed by atoms with E-state index in [4.69, 9.17) is 9.84 Å². The summed E-state index contributed by atoms with van der Waals surface area (Å²) in [5.74, 6) is 1.48. The number of amides is 1. The Labute approximate surface area is 121 Å². The number of carbonyl (C=O) groups is 2. The van der Waals surface area contributed by atoms with Crippen LogP contribution in [-0.2, 0) is 9.59 Å². The third-order valence-corrected chi connectivity index (χ3v) is 4.46. The van der Waals surface area contributed by atoms with Gasteiger partial charge in [0.15, 0.2) is 0 Å². The molecular formula is C14H17NO4S. The first-order valence-corrected chi connectivity index (χ1v) is 7.60. The number of benzene rings is 1. The molecule has 0 spiro atoms. The van der Waals surface area contributed by atoms with E-state index >= 15 is 0 Å². The Kier molecular flexibility index (Phi) is 5.29. The summed E-state index contributed by atoms with van der Waals surface area (Å²) in [4.78, 5) is 21.3. The van der Waals surface area contributed by atoms with Gasteiger partial charge >= 0.3 is 5.97 Å². The van der Waals surface area contributed by atoms with Gasteiger partial charge in [0, 0.05) is 11.5 Å². The maximum Gasteiger partial charge on any atom is 0.327 e. The van der Waals surface area contributed by atoms with Crippen molar-refractivity contribution in [2.45, 2.75) is 18.4 Å². The summed E-state index contributed by atoms with van der Waals surface area (Å²) >= 11 is 1.54. The third-order valence-electron chi connectivity index (χ3n) is 3.25. The molecule has 0 aliphatic carbocycles. The number of aliphatic carboxylic acids is 1. The normalized spacial score (nSPS) is 18.5. The zero-order chi connectivity index (χ0) is 14.4. The molecule has 6 heteroatoms. The minimum atomic E-state index is -1.00. The molecule has 1 aromatic carbocycles. The second-order valence-electron chi connectivity index (χ2n) is 4.58. The Morgan fingerprint density at radius 3 is 3.10 bits per heavy atom. The lowest BCUT2D eigenvalue weighted by Gasteiger charge is -2.25. The van der Waals surface area contributed by atoms with E-state index in [-0.39, 0.29) is 0 Å². The summed E-state index contributed by atoms with van der Waals surface area (Å²) < 4.78 is 5.60. The summed E-state index contributed by atoms with van der Waals surface area (Å²) in [5, 5.41) is 11.3. The molecule has 1 aromatic rings. The maximum atomic E-state index is 10.9. The molecule has 0 bridgehead atoms.